The lowest BCUT2D eigenvalue weighted by molar-refractivity contribution is 0.0601. The van der Waals surface area contributed by atoms with Crippen molar-refractivity contribution in [3.05, 3.63) is 58.1 Å². The minimum Gasteiger partial charge on any atom is -0.507 e. The van der Waals surface area contributed by atoms with E-state index in [1.165, 1.54) is 7.11 Å². The van der Waals surface area contributed by atoms with Gasteiger partial charge in [-0.1, -0.05) is 6.07 Å². The monoisotopic (exact) mass is 335 g/mol. The molecule has 0 radical (unpaired) electrons. The number of nitrogens with one attached hydrogen (secondary N) is 1. The van der Waals surface area contributed by atoms with Crippen molar-refractivity contribution in [2.24, 2.45) is 0 Å². The van der Waals surface area contributed by atoms with Crippen LogP contribution in [0.25, 0.3) is 0 Å². The van der Waals surface area contributed by atoms with Gasteiger partial charge in [0.15, 0.2) is 0 Å². The van der Waals surface area contributed by atoms with E-state index in [9.17, 15) is 9.90 Å². The second-order valence-electron chi connectivity index (χ2n) is 4.21. The summed E-state index contributed by atoms with van der Waals surface area (Å²) in [4.78, 5) is 11.3. The molecule has 0 fully saturated rings. The van der Waals surface area contributed by atoms with Crippen molar-refractivity contribution in [2.75, 3.05) is 12.4 Å². The second kappa shape index (κ2) is 6.43. The van der Waals surface area contributed by atoms with E-state index in [4.69, 9.17) is 0 Å². The summed E-state index contributed by atoms with van der Waals surface area (Å²) in [7, 11) is 1.36. The van der Waals surface area contributed by atoms with E-state index in [1.54, 1.807) is 18.2 Å². The van der Waals surface area contributed by atoms with Crippen molar-refractivity contribution in [1.82, 2.24) is 0 Å². The van der Waals surface area contributed by atoms with Gasteiger partial charge in [-0.25, -0.2) is 4.79 Å². The van der Waals surface area contributed by atoms with Crippen LogP contribution in [-0.2, 0) is 11.3 Å². The van der Waals surface area contributed by atoms with Crippen LogP contribution in [0.4, 0.5) is 5.69 Å². The number of hydrogen-bond acceptors (Lipinski definition) is 4. The summed E-state index contributed by atoms with van der Waals surface area (Å²) >= 11 is 3.28. The first-order valence-corrected chi connectivity index (χ1v) is 6.79. The summed E-state index contributed by atoms with van der Waals surface area (Å²) in [5.41, 5.74) is 2.46. The zero-order valence-corrected chi connectivity index (χ0v) is 12.5. The van der Waals surface area contributed by atoms with Gasteiger partial charge in [-0.15, -0.1) is 0 Å². The molecule has 0 saturated carbocycles. The molecule has 0 heterocycles. The summed E-state index contributed by atoms with van der Waals surface area (Å²) in [6.45, 7) is 0.621. The van der Waals surface area contributed by atoms with Gasteiger partial charge in [-0.3, -0.25) is 0 Å². The number of ether oxygens (including phenoxy) is 1. The Hall–Kier alpha value is -2.01. The highest BCUT2D eigenvalue weighted by atomic mass is 79.9. The highest BCUT2D eigenvalue weighted by Gasteiger charge is 2.04. The van der Waals surface area contributed by atoms with E-state index in [1.807, 2.05) is 24.3 Å². The van der Waals surface area contributed by atoms with Gasteiger partial charge < -0.3 is 15.2 Å². The van der Waals surface area contributed by atoms with Gasteiger partial charge in [0.25, 0.3) is 0 Å². The molecule has 0 saturated heterocycles. The molecular formula is C15H14BrNO3. The number of anilines is 1. The predicted octanol–water partition coefficient (Wildman–Crippen LogP) is 3.55. The molecule has 0 aromatic heterocycles. The number of phenolic OH excluding ortho intramolecular Hbond substituents is 1. The molecule has 0 aliphatic rings. The van der Waals surface area contributed by atoms with Crippen LogP contribution < -0.4 is 5.32 Å². The normalized spacial score (nSPS) is 10.1. The third-order valence-electron chi connectivity index (χ3n) is 2.81. The number of halogens is 1. The first kappa shape index (κ1) is 14.4. The number of methoxy groups -OCH3 is 1. The van der Waals surface area contributed by atoms with Crippen molar-refractivity contribution < 1.29 is 14.6 Å². The summed E-state index contributed by atoms with van der Waals surface area (Å²) in [6, 6.07) is 12.4. The van der Waals surface area contributed by atoms with Crippen LogP contribution in [-0.4, -0.2) is 18.2 Å². The third kappa shape index (κ3) is 3.51. The lowest BCUT2D eigenvalue weighted by Crippen LogP contribution is -2.02. The molecule has 0 unspecified atom stereocenters. The first-order chi connectivity index (χ1) is 9.60. The average molecular weight is 336 g/mol. The largest absolute Gasteiger partial charge is 0.507 e. The molecule has 0 amide bonds. The minimum atomic E-state index is -0.348. The lowest BCUT2D eigenvalue weighted by atomic mass is 10.2. The summed E-state index contributed by atoms with van der Waals surface area (Å²) in [6.07, 6.45) is 0. The van der Waals surface area contributed by atoms with Crippen molar-refractivity contribution in [3.8, 4) is 5.75 Å². The third-order valence-corrected chi connectivity index (χ3v) is 3.45. The Kier molecular flexibility index (Phi) is 4.63. The fourth-order valence-electron chi connectivity index (χ4n) is 1.71. The van der Waals surface area contributed by atoms with Crippen molar-refractivity contribution in [3.63, 3.8) is 0 Å². The maximum absolute atomic E-state index is 11.3. The fourth-order valence-corrected chi connectivity index (χ4v) is 2.13. The average Bonchev–Trinajstić information content (AvgIpc) is 2.48. The molecule has 20 heavy (non-hydrogen) atoms. The van der Waals surface area contributed by atoms with E-state index >= 15 is 0 Å². The van der Waals surface area contributed by atoms with Crippen LogP contribution in [0.1, 0.15) is 15.9 Å². The number of phenols is 1. The molecule has 2 aromatic rings. The molecule has 104 valence electrons. The van der Waals surface area contributed by atoms with Crippen LogP contribution in [0.5, 0.6) is 5.75 Å². The number of benzene rings is 2. The lowest BCUT2D eigenvalue weighted by Gasteiger charge is -2.08. The molecule has 2 rings (SSSR count). The van der Waals surface area contributed by atoms with Crippen molar-refractivity contribution in [1.29, 1.82) is 0 Å². The Labute approximate surface area is 125 Å². The molecule has 0 spiro atoms. The Morgan fingerprint density at radius 2 is 1.95 bits per heavy atom. The Morgan fingerprint density at radius 1 is 1.25 bits per heavy atom. The van der Waals surface area contributed by atoms with E-state index in [2.05, 4.69) is 26.0 Å². The first-order valence-electron chi connectivity index (χ1n) is 6.00. The Morgan fingerprint density at radius 3 is 2.55 bits per heavy atom. The van der Waals surface area contributed by atoms with Crippen molar-refractivity contribution in [2.45, 2.75) is 6.54 Å². The maximum atomic E-state index is 11.3. The van der Waals surface area contributed by atoms with Gasteiger partial charge in [0, 0.05) is 12.2 Å². The summed E-state index contributed by atoms with van der Waals surface area (Å²) in [5, 5.41) is 12.7. The van der Waals surface area contributed by atoms with E-state index < -0.39 is 0 Å². The van der Waals surface area contributed by atoms with Gasteiger partial charge in [0.1, 0.15) is 5.75 Å². The van der Waals surface area contributed by atoms with Gasteiger partial charge in [0.2, 0.25) is 0 Å². The van der Waals surface area contributed by atoms with Crippen LogP contribution in [0.15, 0.2) is 46.9 Å². The number of rotatable bonds is 4. The SMILES string of the molecule is COC(=O)c1ccc(NCc2ccc(O)c(Br)c2)cc1. The molecule has 0 aliphatic heterocycles. The van der Waals surface area contributed by atoms with E-state index in [0.29, 0.717) is 16.6 Å². The zero-order chi connectivity index (χ0) is 14.5. The standard InChI is InChI=1S/C15H14BrNO3/c1-20-15(19)11-3-5-12(6-4-11)17-9-10-2-7-14(18)13(16)8-10/h2-8,17-18H,9H2,1H3. The highest BCUT2D eigenvalue weighted by molar-refractivity contribution is 9.10. The van der Waals surface area contributed by atoms with Crippen LogP contribution in [0, 0.1) is 0 Å². The Balaban J connectivity index is 2.00. The molecule has 5 heteroatoms. The van der Waals surface area contributed by atoms with Gasteiger partial charge in [0.05, 0.1) is 17.1 Å². The number of hydrogen-bond donors (Lipinski definition) is 2. The van der Waals surface area contributed by atoms with E-state index in [0.717, 1.165) is 11.3 Å². The predicted molar refractivity (Wildman–Crippen MR) is 80.9 cm³/mol. The van der Waals surface area contributed by atoms with E-state index in [-0.39, 0.29) is 11.7 Å². The molecule has 4 nitrogen and oxygen atoms in total. The molecule has 2 aromatic carbocycles. The number of carbonyl (C=O) groups excluding carboxylic acids is 1. The van der Waals surface area contributed by atoms with Gasteiger partial charge in [-0.05, 0) is 57.9 Å². The molecule has 0 aliphatic carbocycles. The number of carbonyl (C=O) groups is 1. The number of esters is 1. The molecule has 2 N–H and O–H groups in total. The van der Waals surface area contributed by atoms with Crippen molar-refractivity contribution >= 4 is 27.6 Å². The molecule has 0 atom stereocenters. The number of aromatic hydroxyl groups is 1. The zero-order valence-electron chi connectivity index (χ0n) is 10.9. The fraction of sp³-hybridized carbons (Fsp3) is 0.133. The molecular weight excluding hydrogens is 322 g/mol. The van der Waals surface area contributed by atoms with Gasteiger partial charge in [-0.2, -0.15) is 0 Å². The van der Waals surface area contributed by atoms with Gasteiger partial charge >= 0.3 is 5.97 Å². The van der Waals surface area contributed by atoms with Crippen LogP contribution >= 0.6 is 15.9 Å². The topological polar surface area (TPSA) is 58.6 Å². The second-order valence-corrected chi connectivity index (χ2v) is 5.06. The minimum absolute atomic E-state index is 0.219. The van der Waals surface area contributed by atoms with Crippen LogP contribution in [0.2, 0.25) is 0 Å². The smallest absolute Gasteiger partial charge is 0.337 e. The maximum Gasteiger partial charge on any atom is 0.337 e. The van der Waals surface area contributed by atoms with Crippen LogP contribution in [0.3, 0.4) is 0 Å². The quantitative estimate of drug-likeness (QED) is 0.839. The molecule has 0 bridgehead atoms. The highest BCUT2D eigenvalue weighted by Crippen LogP contribution is 2.24. The Bertz CT molecular complexity index is 611. The summed E-state index contributed by atoms with van der Waals surface area (Å²) < 4.78 is 5.31. The summed E-state index contributed by atoms with van der Waals surface area (Å²) in [5.74, 6) is -0.129.